The Morgan fingerprint density at radius 3 is 2.33 bits per heavy atom. The number of benzene rings is 2. The summed E-state index contributed by atoms with van der Waals surface area (Å²) < 4.78 is 41.3. The van der Waals surface area contributed by atoms with Gasteiger partial charge in [0.05, 0.1) is 12.5 Å². The van der Waals surface area contributed by atoms with E-state index in [4.69, 9.17) is 5.11 Å². The van der Waals surface area contributed by atoms with E-state index in [-0.39, 0.29) is 60.9 Å². The molecule has 2 amide bonds. The number of carbonyl (C=O) groups is 3. The second kappa shape index (κ2) is 10.9. The minimum atomic E-state index is -4.76. The standard InChI is InChI=1S/C29H31F3N2O5/c30-29(31,32)39-20-13-8-18(9-14-20)10-15-26(36)34-23-6-2-1-4-21(23)28(22-5-3-7-24(22)34)33(19-11-12-19)25(35)16-17-27(37)38/h1-2,4,6,8-9,13-14,19,22,24,28H,3,5,7,10-12,15-17H2,(H,37,38)/t22-,24+,28-/m0/s1. The zero-order chi connectivity index (χ0) is 27.7. The molecule has 3 aliphatic rings. The van der Waals surface area contributed by atoms with E-state index >= 15 is 0 Å². The van der Waals surface area contributed by atoms with Crippen molar-refractivity contribution in [2.24, 2.45) is 5.92 Å². The van der Waals surface area contributed by atoms with E-state index < -0.39 is 12.3 Å². The predicted octanol–water partition coefficient (Wildman–Crippen LogP) is 5.63. The first-order chi connectivity index (χ1) is 18.6. The summed E-state index contributed by atoms with van der Waals surface area (Å²) in [6.07, 6.45) is -0.0740. The topological polar surface area (TPSA) is 87.2 Å². The molecule has 2 aromatic carbocycles. The maximum atomic E-state index is 13.7. The molecule has 208 valence electrons. The van der Waals surface area contributed by atoms with E-state index in [0.717, 1.165) is 48.9 Å². The molecule has 2 fully saturated rings. The second-order valence-corrected chi connectivity index (χ2v) is 10.5. The Morgan fingerprint density at radius 2 is 1.67 bits per heavy atom. The molecule has 0 bridgehead atoms. The highest BCUT2D eigenvalue weighted by molar-refractivity contribution is 5.96. The Labute approximate surface area is 224 Å². The van der Waals surface area contributed by atoms with Gasteiger partial charge in [0.1, 0.15) is 5.75 Å². The molecule has 0 aromatic heterocycles. The number of anilines is 1. The Hall–Kier alpha value is -3.56. The maximum absolute atomic E-state index is 13.7. The number of carboxylic acid groups (broad SMARTS) is 1. The number of nitrogens with zero attached hydrogens (tertiary/aromatic N) is 2. The maximum Gasteiger partial charge on any atom is 0.573 e. The molecule has 1 N–H and O–H groups in total. The van der Waals surface area contributed by atoms with Crippen molar-refractivity contribution in [1.29, 1.82) is 0 Å². The average molecular weight is 545 g/mol. The number of carboxylic acids is 1. The van der Waals surface area contributed by atoms with E-state index in [1.165, 1.54) is 24.3 Å². The lowest BCUT2D eigenvalue weighted by molar-refractivity contribution is -0.274. The molecule has 39 heavy (non-hydrogen) atoms. The molecule has 10 heteroatoms. The summed E-state index contributed by atoms with van der Waals surface area (Å²) in [5, 5.41) is 9.14. The number of halogens is 3. The number of fused-ring (bicyclic) bond motifs is 2. The van der Waals surface area contributed by atoms with Crippen LogP contribution in [0.15, 0.2) is 48.5 Å². The van der Waals surface area contributed by atoms with Crippen molar-refractivity contribution in [1.82, 2.24) is 4.90 Å². The van der Waals surface area contributed by atoms with Crippen LogP contribution in [-0.4, -0.2) is 46.2 Å². The largest absolute Gasteiger partial charge is 0.573 e. The monoisotopic (exact) mass is 544 g/mol. The molecule has 0 spiro atoms. The normalized spacial score (nSPS) is 22.1. The molecule has 7 nitrogen and oxygen atoms in total. The number of amides is 2. The van der Waals surface area contributed by atoms with Crippen LogP contribution < -0.4 is 9.64 Å². The number of ether oxygens (including phenoxy) is 1. The molecule has 1 aliphatic heterocycles. The van der Waals surface area contributed by atoms with Crippen LogP contribution in [0.25, 0.3) is 0 Å². The van der Waals surface area contributed by atoms with Crippen LogP contribution in [0.2, 0.25) is 0 Å². The van der Waals surface area contributed by atoms with E-state index in [2.05, 4.69) is 4.74 Å². The molecule has 2 aliphatic carbocycles. The fourth-order valence-electron chi connectivity index (χ4n) is 6.21. The molecular weight excluding hydrogens is 513 g/mol. The summed E-state index contributed by atoms with van der Waals surface area (Å²) in [7, 11) is 0. The molecule has 0 radical (unpaired) electrons. The minimum absolute atomic E-state index is 0.0443. The molecule has 0 saturated heterocycles. The number of hydrogen-bond donors (Lipinski definition) is 1. The van der Waals surface area contributed by atoms with Gasteiger partial charge in [0.15, 0.2) is 0 Å². The number of hydrogen-bond acceptors (Lipinski definition) is 4. The predicted molar refractivity (Wildman–Crippen MR) is 136 cm³/mol. The summed E-state index contributed by atoms with van der Waals surface area (Å²) in [6, 6.07) is 13.0. The fraction of sp³-hybridized carbons (Fsp3) is 0.483. The molecule has 5 rings (SSSR count). The fourth-order valence-corrected chi connectivity index (χ4v) is 6.21. The van der Waals surface area contributed by atoms with Gasteiger partial charge in [-0.2, -0.15) is 0 Å². The van der Waals surface area contributed by atoms with Crippen LogP contribution in [0.1, 0.15) is 68.5 Å². The summed E-state index contributed by atoms with van der Waals surface area (Å²) in [4.78, 5) is 41.9. The number of rotatable bonds is 9. The number of aryl methyl sites for hydroxylation is 1. The average Bonchev–Trinajstić information content (AvgIpc) is 3.61. The van der Waals surface area contributed by atoms with Gasteiger partial charge in [0.25, 0.3) is 0 Å². The Morgan fingerprint density at radius 1 is 0.949 bits per heavy atom. The van der Waals surface area contributed by atoms with Crippen molar-refractivity contribution < 1.29 is 37.4 Å². The number of aliphatic carboxylic acids is 1. The van der Waals surface area contributed by atoms with Crippen LogP contribution in [0.4, 0.5) is 18.9 Å². The van der Waals surface area contributed by atoms with Crippen molar-refractivity contribution in [3.05, 3.63) is 59.7 Å². The van der Waals surface area contributed by atoms with Crippen molar-refractivity contribution in [3.8, 4) is 5.75 Å². The first kappa shape index (κ1) is 27.0. The van der Waals surface area contributed by atoms with Crippen LogP contribution in [0, 0.1) is 5.92 Å². The SMILES string of the molecule is O=C(O)CCC(=O)N(C1CC1)[C@H]1c2ccccc2N(C(=O)CCc2ccc(OC(F)(F)F)cc2)[C@@H]2CCC[C@@H]21. The van der Waals surface area contributed by atoms with Gasteiger partial charge >= 0.3 is 12.3 Å². The van der Waals surface area contributed by atoms with Crippen molar-refractivity contribution >= 4 is 23.5 Å². The van der Waals surface area contributed by atoms with Gasteiger partial charge < -0.3 is 19.6 Å². The van der Waals surface area contributed by atoms with Gasteiger partial charge in [-0.15, -0.1) is 13.2 Å². The smallest absolute Gasteiger partial charge is 0.481 e. The molecule has 3 atom stereocenters. The van der Waals surface area contributed by atoms with Gasteiger partial charge in [-0.25, -0.2) is 0 Å². The van der Waals surface area contributed by atoms with Crippen LogP contribution in [-0.2, 0) is 20.8 Å². The van der Waals surface area contributed by atoms with Crippen LogP contribution >= 0.6 is 0 Å². The van der Waals surface area contributed by atoms with Crippen molar-refractivity contribution in [3.63, 3.8) is 0 Å². The lowest BCUT2D eigenvalue weighted by Crippen LogP contribution is -2.53. The van der Waals surface area contributed by atoms with Gasteiger partial charge in [-0.3, -0.25) is 14.4 Å². The quantitative estimate of drug-likeness (QED) is 0.442. The Kier molecular flexibility index (Phi) is 7.55. The lowest BCUT2D eigenvalue weighted by atomic mass is 9.81. The summed E-state index contributed by atoms with van der Waals surface area (Å²) in [5.74, 6) is -1.47. The Balaban J connectivity index is 1.37. The first-order valence-corrected chi connectivity index (χ1v) is 13.4. The molecule has 2 saturated carbocycles. The molecule has 1 heterocycles. The third kappa shape index (κ3) is 6.04. The van der Waals surface area contributed by atoms with E-state index in [1.807, 2.05) is 34.1 Å². The highest BCUT2D eigenvalue weighted by atomic mass is 19.4. The van der Waals surface area contributed by atoms with Crippen LogP contribution in [0.3, 0.4) is 0 Å². The van der Waals surface area contributed by atoms with Gasteiger partial charge in [-0.1, -0.05) is 36.8 Å². The molecule has 0 unspecified atom stereocenters. The van der Waals surface area contributed by atoms with Crippen molar-refractivity contribution in [2.45, 2.75) is 82.3 Å². The third-order valence-electron chi connectivity index (χ3n) is 7.92. The highest BCUT2D eigenvalue weighted by Crippen LogP contribution is 2.52. The molecular formula is C29H31F3N2O5. The van der Waals surface area contributed by atoms with E-state index in [1.54, 1.807) is 0 Å². The Bertz CT molecular complexity index is 1230. The first-order valence-electron chi connectivity index (χ1n) is 13.4. The second-order valence-electron chi connectivity index (χ2n) is 10.5. The van der Waals surface area contributed by atoms with Gasteiger partial charge in [-0.05, 0) is 61.4 Å². The van der Waals surface area contributed by atoms with Crippen molar-refractivity contribution in [2.75, 3.05) is 4.90 Å². The number of alkyl halides is 3. The summed E-state index contributed by atoms with van der Waals surface area (Å²) in [6.45, 7) is 0. The summed E-state index contributed by atoms with van der Waals surface area (Å²) in [5.41, 5.74) is 2.42. The number of carbonyl (C=O) groups excluding carboxylic acids is 2. The number of para-hydroxylation sites is 1. The van der Waals surface area contributed by atoms with Gasteiger partial charge in [0, 0.05) is 36.5 Å². The zero-order valence-electron chi connectivity index (χ0n) is 21.4. The third-order valence-corrected chi connectivity index (χ3v) is 7.92. The van der Waals surface area contributed by atoms with E-state index in [0.29, 0.717) is 6.42 Å². The lowest BCUT2D eigenvalue weighted by Gasteiger charge is -2.48. The van der Waals surface area contributed by atoms with Crippen LogP contribution in [0.5, 0.6) is 5.75 Å². The van der Waals surface area contributed by atoms with E-state index in [9.17, 15) is 27.6 Å². The minimum Gasteiger partial charge on any atom is -0.481 e. The zero-order valence-corrected chi connectivity index (χ0v) is 21.4. The van der Waals surface area contributed by atoms with Gasteiger partial charge in [0.2, 0.25) is 11.8 Å². The summed E-state index contributed by atoms with van der Waals surface area (Å²) >= 11 is 0. The molecule has 2 aromatic rings. The highest BCUT2D eigenvalue weighted by Gasteiger charge is 2.51.